The van der Waals surface area contributed by atoms with Crippen LogP contribution in [0.15, 0.2) is 0 Å². The SMILES string of the molecule is CC[O-].CC[O-].[Cl-].[Cl-].[MgH2].[Ti+4]. The van der Waals surface area contributed by atoms with E-state index < -0.39 is 0 Å². The Hall–Kier alpha value is 1.98. The van der Waals surface area contributed by atoms with Crippen molar-refractivity contribution < 1.29 is 56.7 Å². The molecule has 0 aromatic heterocycles. The largest absolute Gasteiger partial charge is 4.00 e. The molecule has 60 valence electrons. The van der Waals surface area contributed by atoms with Crippen LogP contribution in [0.5, 0.6) is 0 Å². The van der Waals surface area contributed by atoms with E-state index in [0.717, 1.165) is 0 Å². The van der Waals surface area contributed by atoms with Crippen LogP contribution in [0.1, 0.15) is 13.8 Å². The second-order valence-electron chi connectivity index (χ2n) is 0.577. The van der Waals surface area contributed by atoms with Gasteiger partial charge in [-0.05, 0) is 0 Å². The first-order chi connectivity index (χ1) is 2.83. The summed E-state index contributed by atoms with van der Waals surface area (Å²) in [6, 6.07) is 0. The van der Waals surface area contributed by atoms with Crippen LogP contribution in [0, 0.1) is 0 Å². The molecule has 0 amide bonds. The summed E-state index contributed by atoms with van der Waals surface area (Å²) in [4.78, 5) is 0. The van der Waals surface area contributed by atoms with Gasteiger partial charge in [-0.2, -0.15) is 0 Å². The third-order valence-electron chi connectivity index (χ3n) is 0. The first-order valence-corrected chi connectivity index (χ1v) is 1.99. The van der Waals surface area contributed by atoms with Crippen molar-refractivity contribution in [1.82, 2.24) is 0 Å². The summed E-state index contributed by atoms with van der Waals surface area (Å²) in [5.74, 6) is 0. The van der Waals surface area contributed by atoms with Gasteiger partial charge in [0.1, 0.15) is 0 Å². The molecule has 0 rings (SSSR count). The molecule has 0 heterocycles. The summed E-state index contributed by atoms with van der Waals surface area (Å²) in [6.45, 7) is 3.14. The molecule has 0 aliphatic carbocycles. The molecule has 0 bridgehead atoms. The van der Waals surface area contributed by atoms with Crippen molar-refractivity contribution in [1.29, 1.82) is 0 Å². The van der Waals surface area contributed by atoms with Crippen molar-refractivity contribution in [3.63, 3.8) is 0 Å². The third-order valence-corrected chi connectivity index (χ3v) is 0. The van der Waals surface area contributed by atoms with E-state index >= 15 is 0 Å². The van der Waals surface area contributed by atoms with Gasteiger partial charge in [-0.3, -0.25) is 0 Å². The fourth-order valence-electron chi connectivity index (χ4n) is 0. The molecular formula is C4H12Cl2MgO2Ti. The molecule has 0 aromatic rings. The van der Waals surface area contributed by atoms with E-state index in [1.54, 1.807) is 13.8 Å². The van der Waals surface area contributed by atoms with Crippen molar-refractivity contribution in [2.24, 2.45) is 0 Å². The van der Waals surface area contributed by atoms with Gasteiger partial charge in [-0.25, -0.2) is 0 Å². The molecule has 0 saturated carbocycles. The zero-order valence-corrected chi connectivity index (χ0v) is 8.56. The summed E-state index contributed by atoms with van der Waals surface area (Å²) in [7, 11) is 0. The molecule has 0 atom stereocenters. The van der Waals surface area contributed by atoms with Gasteiger partial charge in [-0.15, -0.1) is 13.2 Å². The number of hydrogen-bond donors (Lipinski definition) is 0. The first-order valence-electron chi connectivity index (χ1n) is 1.99. The summed E-state index contributed by atoms with van der Waals surface area (Å²) in [5, 5.41) is 17.9. The molecule has 10 heavy (non-hydrogen) atoms. The second kappa shape index (κ2) is 69.0. The maximum absolute atomic E-state index is 8.93. The van der Waals surface area contributed by atoms with Crippen LogP contribution in [-0.4, -0.2) is 36.3 Å². The Bertz CT molecular complexity index is 23.2. The molecule has 0 saturated heterocycles. The van der Waals surface area contributed by atoms with Crippen molar-refractivity contribution >= 4 is 23.1 Å². The van der Waals surface area contributed by atoms with E-state index in [9.17, 15) is 0 Å². The smallest absolute Gasteiger partial charge is 1.00 e. The second-order valence-corrected chi connectivity index (χ2v) is 0.577. The standard InChI is InChI=1S/2C2H5O.2ClH.Mg.Ti.2H/c2*1-2-3;;;;;;/h2*2H2,1H3;2*1H;;;;/q2*-1;;;;+4;;/p-2. The summed E-state index contributed by atoms with van der Waals surface area (Å²) in [6.07, 6.45) is 0. The van der Waals surface area contributed by atoms with E-state index in [1.165, 1.54) is 0 Å². The molecule has 0 aliphatic rings. The molecule has 0 spiro atoms. The van der Waals surface area contributed by atoms with E-state index in [0.29, 0.717) is 0 Å². The predicted octanol–water partition coefficient (Wildman–Crippen LogP) is -8.18. The fourth-order valence-corrected chi connectivity index (χ4v) is 0. The first kappa shape index (κ1) is 40.4. The molecule has 0 unspecified atom stereocenters. The fraction of sp³-hybridized carbons (Fsp3) is 1.00. The monoisotopic (exact) mass is 234 g/mol. The molecule has 0 aromatic carbocycles. The van der Waals surface area contributed by atoms with E-state index in [-0.39, 0.29) is 82.8 Å². The number of rotatable bonds is 0. The van der Waals surface area contributed by atoms with Crippen LogP contribution in [0.4, 0.5) is 0 Å². The Morgan fingerprint density at radius 2 is 0.900 bits per heavy atom. The molecule has 0 aliphatic heterocycles. The van der Waals surface area contributed by atoms with Gasteiger partial charge in [0, 0.05) is 0 Å². The quantitative estimate of drug-likeness (QED) is 0.391. The summed E-state index contributed by atoms with van der Waals surface area (Å²) in [5.41, 5.74) is 0. The molecule has 0 N–H and O–H groups in total. The van der Waals surface area contributed by atoms with Crippen LogP contribution in [0.25, 0.3) is 0 Å². The van der Waals surface area contributed by atoms with E-state index in [4.69, 9.17) is 10.2 Å². The van der Waals surface area contributed by atoms with Crippen molar-refractivity contribution in [2.45, 2.75) is 13.8 Å². The van der Waals surface area contributed by atoms with E-state index in [2.05, 4.69) is 0 Å². The predicted molar refractivity (Wildman–Crippen MR) is 29.6 cm³/mol. The van der Waals surface area contributed by atoms with E-state index in [1.807, 2.05) is 0 Å². The Morgan fingerprint density at radius 1 is 0.900 bits per heavy atom. The van der Waals surface area contributed by atoms with Gasteiger partial charge in [0.25, 0.3) is 0 Å². The van der Waals surface area contributed by atoms with Gasteiger partial charge < -0.3 is 35.0 Å². The Kier molecular flexibility index (Phi) is 279. The molecule has 0 radical (unpaired) electrons. The average molecular weight is 235 g/mol. The normalized spacial score (nSPS) is 3.60. The average Bonchev–Trinajstić information content (AvgIpc) is 1.39. The van der Waals surface area contributed by atoms with Crippen LogP contribution < -0.4 is 35.0 Å². The number of halogens is 2. The zero-order chi connectivity index (χ0) is 5.41. The van der Waals surface area contributed by atoms with Crippen molar-refractivity contribution in [3.05, 3.63) is 0 Å². The molecule has 2 nitrogen and oxygen atoms in total. The van der Waals surface area contributed by atoms with Gasteiger partial charge >= 0.3 is 44.8 Å². The van der Waals surface area contributed by atoms with Crippen LogP contribution in [0.3, 0.4) is 0 Å². The van der Waals surface area contributed by atoms with Crippen LogP contribution in [0.2, 0.25) is 0 Å². The van der Waals surface area contributed by atoms with Crippen LogP contribution >= 0.6 is 0 Å². The maximum Gasteiger partial charge on any atom is 4.00 e. The minimum Gasteiger partial charge on any atom is -1.00 e. The third kappa shape index (κ3) is 205. The minimum absolute atomic E-state index is 0. The molecule has 0 fully saturated rings. The van der Waals surface area contributed by atoms with Gasteiger partial charge in [0.05, 0.1) is 0 Å². The topological polar surface area (TPSA) is 46.1 Å². The van der Waals surface area contributed by atoms with Gasteiger partial charge in [0.15, 0.2) is 0 Å². The Labute approximate surface area is 106 Å². The summed E-state index contributed by atoms with van der Waals surface area (Å²) < 4.78 is 0. The molecular weight excluding hydrogens is 223 g/mol. The zero-order valence-electron chi connectivity index (χ0n) is 5.49. The van der Waals surface area contributed by atoms with Crippen molar-refractivity contribution in [3.8, 4) is 0 Å². The Balaban J connectivity index is -0.00000000571. The van der Waals surface area contributed by atoms with Gasteiger partial charge in [-0.1, -0.05) is 13.8 Å². The maximum atomic E-state index is 8.93. The summed E-state index contributed by atoms with van der Waals surface area (Å²) >= 11 is 0. The van der Waals surface area contributed by atoms with Gasteiger partial charge in [0.2, 0.25) is 0 Å². The molecule has 6 heteroatoms. The van der Waals surface area contributed by atoms with Crippen LogP contribution in [-0.2, 0) is 21.7 Å². The Morgan fingerprint density at radius 3 is 0.900 bits per heavy atom. The van der Waals surface area contributed by atoms with Crippen molar-refractivity contribution in [2.75, 3.05) is 13.2 Å². The minimum atomic E-state index is 0. The number of hydrogen-bond acceptors (Lipinski definition) is 2.